The van der Waals surface area contributed by atoms with Gasteiger partial charge in [-0.05, 0) is 54.3 Å². The molecule has 4 heterocycles. The predicted molar refractivity (Wildman–Crippen MR) is 121 cm³/mol. The van der Waals surface area contributed by atoms with E-state index in [1.54, 1.807) is 12.3 Å². The molecule has 0 aliphatic heterocycles. The minimum absolute atomic E-state index is 0.0645. The van der Waals surface area contributed by atoms with Crippen LogP contribution in [0.25, 0.3) is 39.1 Å². The van der Waals surface area contributed by atoms with Crippen LogP contribution in [0.1, 0.15) is 31.7 Å². The predicted octanol–water partition coefficient (Wildman–Crippen LogP) is 4.89. The summed E-state index contributed by atoms with van der Waals surface area (Å²) in [6.45, 7) is 0. The lowest BCUT2D eigenvalue weighted by Gasteiger charge is -2.14. The number of hydrogen-bond acceptors (Lipinski definition) is 4. The van der Waals surface area contributed by atoms with Gasteiger partial charge in [-0.25, -0.2) is 0 Å². The Morgan fingerprint density at radius 1 is 0.871 bits per heavy atom. The van der Waals surface area contributed by atoms with Gasteiger partial charge in [-0.15, -0.1) is 10.2 Å². The lowest BCUT2D eigenvalue weighted by Crippen LogP contribution is -2.21. The van der Waals surface area contributed by atoms with Gasteiger partial charge in [0.25, 0.3) is 5.56 Å². The molecule has 0 unspecified atom stereocenters. The summed E-state index contributed by atoms with van der Waals surface area (Å²) in [5.41, 5.74) is 4.59. The van der Waals surface area contributed by atoms with Gasteiger partial charge in [0.1, 0.15) is 0 Å². The molecule has 1 saturated carbocycles. The number of hydrogen-bond donors (Lipinski definition) is 0. The van der Waals surface area contributed by atoms with Crippen LogP contribution in [0.2, 0.25) is 0 Å². The molecule has 0 amide bonds. The van der Waals surface area contributed by atoms with E-state index in [4.69, 9.17) is 0 Å². The summed E-state index contributed by atoms with van der Waals surface area (Å²) >= 11 is 0. The van der Waals surface area contributed by atoms with E-state index < -0.39 is 0 Å². The first kappa shape index (κ1) is 18.0. The maximum atomic E-state index is 12.7. The summed E-state index contributed by atoms with van der Waals surface area (Å²) < 4.78 is 3.86. The molecule has 5 aromatic rings. The van der Waals surface area contributed by atoms with E-state index in [0.29, 0.717) is 6.04 Å². The molecule has 6 nitrogen and oxygen atoms in total. The highest BCUT2D eigenvalue weighted by atomic mass is 16.1. The van der Waals surface area contributed by atoms with Crippen LogP contribution in [0.4, 0.5) is 0 Å². The fraction of sp³-hybridized carbons (Fsp3) is 0.200. The number of pyridine rings is 3. The van der Waals surface area contributed by atoms with Crippen LogP contribution in [-0.4, -0.2) is 24.1 Å². The van der Waals surface area contributed by atoms with Gasteiger partial charge < -0.3 is 4.57 Å². The SMILES string of the molecule is O=c1cc(-c2ccn3c(-c4ccnc5ccccc45)nnc3c2)ccn1C1CCCC1. The Hall–Kier alpha value is -3.80. The third-order valence-electron chi connectivity index (χ3n) is 6.30. The molecule has 0 bridgehead atoms. The highest BCUT2D eigenvalue weighted by Crippen LogP contribution is 2.30. The maximum absolute atomic E-state index is 12.7. The molecule has 1 aliphatic carbocycles. The smallest absolute Gasteiger partial charge is 0.251 e. The van der Waals surface area contributed by atoms with Gasteiger partial charge in [0.2, 0.25) is 0 Å². The van der Waals surface area contributed by atoms with Crippen molar-refractivity contribution in [3.63, 3.8) is 0 Å². The topological polar surface area (TPSA) is 65.1 Å². The van der Waals surface area contributed by atoms with Crippen molar-refractivity contribution in [3.8, 4) is 22.5 Å². The minimum Gasteiger partial charge on any atom is -0.312 e. The van der Waals surface area contributed by atoms with Crippen LogP contribution in [-0.2, 0) is 0 Å². The van der Waals surface area contributed by atoms with Crippen molar-refractivity contribution in [3.05, 3.63) is 83.5 Å². The molecule has 0 radical (unpaired) electrons. The molecule has 6 heteroatoms. The molecule has 0 saturated heterocycles. The van der Waals surface area contributed by atoms with Gasteiger partial charge >= 0.3 is 0 Å². The van der Waals surface area contributed by atoms with Gasteiger partial charge in [0.05, 0.1) is 5.52 Å². The van der Waals surface area contributed by atoms with Crippen LogP contribution >= 0.6 is 0 Å². The van der Waals surface area contributed by atoms with Crippen LogP contribution in [0.5, 0.6) is 0 Å². The van der Waals surface area contributed by atoms with E-state index in [-0.39, 0.29) is 5.56 Å². The molecule has 31 heavy (non-hydrogen) atoms. The summed E-state index contributed by atoms with van der Waals surface area (Å²) in [6, 6.07) is 18.1. The number of fused-ring (bicyclic) bond motifs is 2. The second-order valence-electron chi connectivity index (χ2n) is 8.14. The van der Waals surface area contributed by atoms with Crippen molar-refractivity contribution >= 4 is 16.6 Å². The van der Waals surface area contributed by atoms with E-state index >= 15 is 0 Å². The Morgan fingerprint density at radius 3 is 2.55 bits per heavy atom. The Labute approximate surface area is 178 Å². The highest BCUT2D eigenvalue weighted by molar-refractivity contribution is 5.92. The van der Waals surface area contributed by atoms with Crippen molar-refractivity contribution in [2.75, 3.05) is 0 Å². The monoisotopic (exact) mass is 407 g/mol. The normalized spacial score (nSPS) is 14.6. The summed E-state index contributed by atoms with van der Waals surface area (Å²) in [5, 5.41) is 9.89. The van der Waals surface area contributed by atoms with Gasteiger partial charge in [0.15, 0.2) is 11.5 Å². The van der Waals surface area contributed by atoms with Crippen LogP contribution in [0.3, 0.4) is 0 Å². The maximum Gasteiger partial charge on any atom is 0.251 e. The van der Waals surface area contributed by atoms with Gasteiger partial charge in [-0.2, -0.15) is 0 Å². The van der Waals surface area contributed by atoms with Crippen LogP contribution in [0.15, 0.2) is 78.0 Å². The number of para-hydroxylation sites is 1. The average Bonchev–Trinajstić information content (AvgIpc) is 3.48. The van der Waals surface area contributed by atoms with E-state index in [2.05, 4.69) is 15.2 Å². The molecule has 6 rings (SSSR count). The van der Waals surface area contributed by atoms with E-state index in [0.717, 1.165) is 51.9 Å². The molecule has 0 N–H and O–H groups in total. The molecular formula is C25H21N5O. The highest BCUT2D eigenvalue weighted by Gasteiger charge is 2.18. The number of nitrogens with zero attached hydrogens (tertiary/aromatic N) is 5. The zero-order chi connectivity index (χ0) is 20.8. The van der Waals surface area contributed by atoms with Gasteiger partial charge in [-0.3, -0.25) is 14.2 Å². The molecule has 152 valence electrons. The van der Waals surface area contributed by atoms with E-state index in [9.17, 15) is 4.79 Å². The first-order valence-corrected chi connectivity index (χ1v) is 10.7. The largest absolute Gasteiger partial charge is 0.312 e. The Bertz CT molecular complexity index is 1470. The Morgan fingerprint density at radius 2 is 1.68 bits per heavy atom. The molecule has 4 aromatic heterocycles. The summed E-state index contributed by atoms with van der Waals surface area (Å²) in [5.74, 6) is 0.775. The molecule has 1 fully saturated rings. The zero-order valence-corrected chi connectivity index (χ0v) is 17.0. The third kappa shape index (κ3) is 3.03. The van der Waals surface area contributed by atoms with Crippen LogP contribution in [0, 0.1) is 0 Å². The number of rotatable bonds is 3. The van der Waals surface area contributed by atoms with Crippen molar-refractivity contribution in [1.82, 2.24) is 24.1 Å². The fourth-order valence-corrected chi connectivity index (χ4v) is 4.70. The van der Waals surface area contributed by atoms with E-state index in [1.807, 2.05) is 69.9 Å². The average molecular weight is 407 g/mol. The molecule has 0 atom stereocenters. The van der Waals surface area contributed by atoms with Crippen molar-refractivity contribution < 1.29 is 0 Å². The summed E-state index contributed by atoms with van der Waals surface area (Å²) in [7, 11) is 0. The standard InChI is InChI=1S/C25H21N5O/c31-24-16-18(10-13-29(24)19-5-1-2-6-19)17-11-14-30-23(15-17)27-28-25(30)21-9-12-26-22-8-4-3-7-20(21)22/h3-4,7-16,19H,1-2,5-6H2. The van der Waals surface area contributed by atoms with Crippen molar-refractivity contribution in [1.29, 1.82) is 0 Å². The Balaban J connectivity index is 1.41. The number of benzene rings is 1. The van der Waals surface area contributed by atoms with Crippen molar-refractivity contribution in [2.24, 2.45) is 0 Å². The number of aromatic nitrogens is 5. The first-order chi connectivity index (χ1) is 15.3. The quantitative estimate of drug-likeness (QED) is 0.427. The summed E-state index contributed by atoms with van der Waals surface area (Å²) in [4.78, 5) is 17.1. The third-order valence-corrected chi connectivity index (χ3v) is 6.30. The second kappa shape index (κ2) is 7.16. The lowest BCUT2D eigenvalue weighted by atomic mass is 10.1. The van der Waals surface area contributed by atoms with Gasteiger partial charge in [0, 0.05) is 41.6 Å². The minimum atomic E-state index is 0.0645. The molecule has 0 spiro atoms. The fourth-order valence-electron chi connectivity index (χ4n) is 4.70. The molecular weight excluding hydrogens is 386 g/mol. The molecule has 1 aliphatic rings. The lowest BCUT2D eigenvalue weighted by molar-refractivity contribution is 0.503. The van der Waals surface area contributed by atoms with E-state index in [1.165, 1.54) is 12.8 Å². The first-order valence-electron chi connectivity index (χ1n) is 10.7. The molecule has 1 aromatic carbocycles. The second-order valence-corrected chi connectivity index (χ2v) is 8.14. The Kier molecular flexibility index (Phi) is 4.16. The zero-order valence-electron chi connectivity index (χ0n) is 17.0. The summed E-state index contributed by atoms with van der Waals surface area (Å²) in [6.07, 6.45) is 10.3. The van der Waals surface area contributed by atoms with Gasteiger partial charge in [-0.1, -0.05) is 31.0 Å². The van der Waals surface area contributed by atoms with Crippen molar-refractivity contribution in [2.45, 2.75) is 31.7 Å². The van der Waals surface area contributed by atoms with Crippen LogP contribution < -0.4 is 5.56 Å².